The third kappa shape index (κ3) is 3.81. The van der Waals surface area contributed by atoms with Gasteiger partial charge in [-0.25, -0.2) is 0 Å². The molecule has 1 aromatic heterocycles. The van der Waals surface area contributed by atoms with Crippen molar-refractivity contribution in [3.05, 3.63) is 59.9 Å². The Bertz CT molecular complexity index is 554. The van der Waals surface area contributed by atoms with E-state index in [9.17, 15) is 4.79 Å². The molecule has 0 aliphatic carbocycles. The Kier molecular flexibility index (Phi) is 4.13. The highest BCUT2D eigenvalue weighted by Gasteiger charge is 2.10. The van der Waals surface area contributed by atoms with E-state index < -0.39 is 0 Å². The summed E-state index contributed by atoms with van der Waals surface area (Å²) in [6.45, 7) is 1.94. The summed E-state index contributed by atoms with van der Waals surface area (Å²) in [4.78, 5) is 16.0. The maximum Gasteiger partial charge on any atom is 0.224 e. The molecule has 1 heterocycles. The lowest BCUT2D eigenvalue weighted by atomic mass is 10.1. The van der Waals surface area contributed by atoms with Gasteiger partial charge in [0, 0.05) is 18.1 Å². The summed E-state index contributed by atoms with van der Waals surface area (Å²) in [5.74, 6) is -0.0260. The lowest BCUT2D eigenvalue weighted by Gasteiger charge is -2.13. The van der Waals surface area contributed by atoms with Crippen molar-refractivity contribution in [1.82, 2.24) is 10.3 Å². The molecule has 0 bridgehead atoms. The molecule has 2 rings (SSSR count). The Morgan fingerprint density at radius 2 is 2.21 bits per heavy atom. The second kappa shape index (κ2) is 6.00. The minimum atomic E-state index is -0.0535. The molecule has 0 unspecified atom stereocenters. The number of amides is 1. The molecule has 3 N–H and O–H groups in total. The zero-order chi connectivity index (χ0) is 13.7. The smallest absolute Gasteiger partial charge is 0.224 e. The SMILES string of the molecule is C[C@@H](NC(=O)Cc1cccc(N)c1)c1cccnc1. The van der Waals surface area contributed by atoms with Crippen LogP contribution in [0.1, 0.15) is 24.1 Å². The topological polar surface area (TPSA) is 68.0 Å². The molecular weight excluding hydrogens is 238 g/mol. The quantitative estimate of drug-likeness (QED) is 0.822. The van der Waals surface area contributed by atoms with Crippen LogP contribution in [0.4, 0.5) is 5.69 Å². The number of pyridine rings is 1. The van der Waals surface area contributed by atoms with Gasteiger partial charge >= 0.3 is 0 Å². The summed E-state index contributed by atoms with van der Waals surface area (Å²) in [6, 6.07) is 11.1. The lowest BCUT2D eigenvalue weighted by molar-refractivity contribution is -0.121. The number of carbonyl (C=O) groups is 1. The highest BCUT2D eigenvalue weighted by Crippen LogP contribution is 2.11. The minimum Gasteiger partial charge on any atom is -0.399 e. The van der Waals surface area contributed by atoms with E-state index in [4.69, 9.17) is 5.73 Å². The van der Waals surface area contributed by atoms with Gasteiger partial charge in [0.15, 0.2) is 0 Å². The van der Waals surface area contributed by atoms with Crippen LogP contribution in [0.5, 0.6) is 0 Å². The number of rotatable bonds is 4. The molecule has 1 amide bonds. The number of nitrogen functional groups attached to an aromatic ring is 1. The zero-order valence-corrected chi connectivity index (χ0v) is 10.8. The Morgan fingerprint density at radius 1 is 1.37 bits per heavy atom. The summed E-state index contributed by atoms with van der Waals surface area (Å²) < 4.78 is 0. The number of benzene rings is 1. The third-order valence-corrected chi connectivity index (χ3v) is 2.88. The van der Waals surface area contributed by atoms with Crippen molar-refractivity contribution in [3.63, 3.8) is 0 Å². The monoisotopic (exact) mass is 255 g/mol. The van der Waals surface area contributed by atoms with E-state index >= 15 is 0 Å². The second-order valence-electron chi connectivity index (χ2n) is 4.50. The number of nitrogens with one attached hydrogen (secondary N) is 1. The van der Waals surface area contributed by atoms with E-state index in [-0.39, 0.29) is 11.9 Å². The maximum absolute atomic E-state index is 11.9. The van der Waals surface area contributed by atoms with E-state index in [2.05, 4.69) is 10.3 Å². The van der Waals surface area contributed by atoms with Crippen molar-refractivity contribution in [2.24, 2.45) is 0 Å². The molecule has 1 atom stereocenters. The summed E-state index contributed by atoms with van der Waals surface area (Å²) in [6.07, 6.45) is 3.80. The number of anilines is 1. The zero-order valence-electron chi connectivity index (χ0n) is 10.8. The van der Waals surface area contributed by atoms with Crippen molar-refractivity contribution < 1.29 is 4.79 Å². The molecule has 4 heteroatoms. The Labute approximate surface area is 112 Å². The number of nitrogens with zero attached hydrogens (tertiary/aromatic N) is 1. The molecule has 0 fully saturated rings. The lowest BCUT2D eigenvalue weighted by Crippen LogP contribution is -2.28. The van der Waals surface area contributed by atoms with Crippen LogP contribution in [-0.2, 0) is 11.2 Å². The van der Waals surface area contributed by atoms with Crippen molar-refractivity contribution in [1.29, 1.82) is 0 Å². The normalized spacial score (nSPS) is 11.8. The van der Waals surface area contributed by atoms with Crippen LogP contribution in [0.15, 0.2) is 48.8 Å². The van der Waals surface area contributed by atoms with Gasteiger partial charge in [-0.15, -0.1) is 0 Å². The predicted octanol–water partition coefficient (Wildman–Crippen LogP) is 2.08. The van der Waals surface area contributed by atoms with Crippen molar-refractivity contribution in [2.75, 3.05) is 5.73 Å². The summed E-state index contributed by atoms with van der Waals surface area (Å²) in [7, 11) is 0. The first-order valence-corrected chi connectivity index (χ1v) is 6.19. The number of nitrogens with two attached hydrogens (primary N) is 1. The van der Waals surface area contributed by atoms with Gasteiger partial charge < -0.3 is 11.1 Å². The predicted molar refractivity (Wildman–Crippen MR) is 75.4 cm³/mol. The fraction of sp³-hybridized carbons (Fsp3) is 0.200. The minimum absolute atomic E-state index is 0.0260. The fourth-order valence-electron chi connectivity index (χ4n) is 1.90. The average Bonchev–Trinajstić information content (AvgIpc) is 2.39. The number of hydrogen-bond donors (Lipinski definition) is 2. The molecular formula is C15H17N3O. The molecule has 0 saturated carbocycles. The largest absolute Gasteiger partial charge is 0.399 e. The fourth-order valence-corrected chi connectivity index (χ4v) is 1.90. The Morgan fingerprint density at radius 3 is 2.89 bits per heavy atom. The summed E-state index contributed by atoms with van der Waals surface area (Å²) in [5.41, 5.74) is 8.26. The van der Waals surface area contributed by atoms with Crippen LogP contribution < -0.4 is 11.1 Å². The van der Waals surface area contributed by atoms with Gasteiger partial charge in [-0.3, -0.25) is 9.78 Å². The molecule has 0 spiro atoms. The van der Waals surface area contributed by atoms with Crippen molar-refractivity contribution in [2.45, 2.75) is 19.4 Å². The van der Waals surface area contributed by atoms with Crippen molar-refractivity contribution >= 4 is 11.6 Å². The van der Waals surface area contributed by atoms with E-state index in [1.54, 1.807) is 18.5 Å². The van der Waals surface area contributed by atoms with Crippen LogP contribution in [0.2, 0.25) is 0 Å². The molecule has 98 valence electrons. The first-order chi connectivity index (χ1) is 9.15. The Hall–Kier alpha value is -2.36. The third-order valence-electron chi connectivity index (χ3n) is 2.88. The standard InChI is InChI=1S/C15H17N3O/c1-11(13-5-3-7-17-10-13)18-15(19)9-12-4-2-6-14(16)8-12/h2-8,10-11H,9,16H2,1H3,(H,18,19)/t11-/m1/s1. The molecule has 4 nitrogen and oxygen atoms in total. The van der Waals surface area contributed by atoms with Crippen LogP contribution >= 0.6 is 0 Å². The molecule has 19 heavy (non-hydrogen) atoms. The molecule has 0 radical (unpaired) electrons. The highest BCUT2D eigenvalue weighted by atomic mass is 16.1. The van der Waals surface area contributed by atoms with Gasteiger partial charge in [0.2, 0.25) is 5.91 Å². The number of hydrogen-bond acceptors (Lipinski definition) is 3. The van der Waals surface area contributed by atoms with E-state index in [1.165, 1.54) is 0 Å². The summed E-state index contributed by atoms with van der Waals surface area (Å²) >= 11 is 0. The van der Waals surface area contributed by atoms with Gasteiger partial charge in [0.05, 0.1) is 12.5 Å². The molecule has 2 aromatic rings. The molecule has 1 aromatic carbocycles. The molecule has 0 saturated heterocycles. The van der Waals surface area contributed by atoms with Crippen LogP contribution in [0, 0.1) is 0 Å². The van der Waals surface area contributed by atoms with E-state index in [0.29, 0.717) is 12.1 Å². The number of aromatic nitrogens is 1. The van der Waals surface area contributed by atoms with Crippen LogP contribution in [0.3, 0.4) is 0 Å². The summed E-state index contributed by atoms with van der Waals surface area (Å²) in [5, 5.41) is 2.94. The Balaban J connectivity index is 1.95. The van der Waals surface area contributed by atoms with Gasteiger partial charge in [0.25, 0.3) is 0 Å². The van der Waals surface area contributed by atoms with Gasteiger partial charge in [0.1, 0.15) is 0 Å². The van der Waals surface area contributed by atoms with Gasteiger partial charge in [-0.2, -0.15) is 0 Å². The van der Waals surface area contributed by atoms with Crippen molar-refractivity contribution in [3.8, 4) is 0 Å². The first kappa shape index (κ1) is 13.1. The first-order valence-electron chi connectivity index (χ1n) is 6.19. The maximum atomic E-state index is 11.9. The molecule has 0 aliphatic rings. The highest BCUT2D eigenvalue weighted by molar-refractivity contribution is 5.79. The van der Waals surface area contributed by atoms with E-state index in [0.717, 1.165) is 11.1 Å². The van der Waals surface area contributed by atoms with Gasteiger partial charge in [-0.05, 0) is 36.2 Å². The van der Waals surface area contributed by atoms with E-state index in [1.807, 2.05) is 37.3 Å². The molecule has 0 aliphatic heterocycles. The van der Waals surface area contributed by atoms with Crippen LogP contribution in [-0.4, -0.2) is 10.9 Å². The number of carbonyl (C=O) groups excluding carboxylic acids is 1. The second-order valence-corrected chi connectivity index (χ2v) is 4.50. The van der Waals surface area contributed by atoms with Gasteiger partial charge in [-0.1, -0.05) is 18.2 Å². The average molecular weight is 255 g/mol. The van der Waals surface area contributed by atoms with Crippen LogP contribution in [0.25, 0.3) is 0 Å².